The van der Waals surface area contributed by atoms with Gasteiger partial charge >= 0.3 is 0 Å². The minimum Gasteiger partial charge on any atom is -0.240 e. The van der Waals surface area contributed by atoms with Gasteiger partial charge in [-0.1, -0.05) is 38.4 Å². The highest BCUT2D eigenvalue weighted by Gasteiger charge is 2.19. The minimum atomic E-state index is -0.0517. The normalized spacial score (nSPS) is 11.7. The molecule has 0 saturated carbocycles. The van der Waals surface area contributed by atoms with Crippen LogP contribution in [0.4, 0.5) is 0 Å². The Balaban J connectivity index is 2.58. The summed E-state index contributed by atoms with van der Waals surface area (Å²) in [7, 11) is 0. The van der Waals surface area contributed by atoms with Crippen molar-refractivity contribution < 1.29 is 0 Å². The molecule has 1 heterocycles. The first-order chi connectivity index (χ1) is 8.79. The zero-order chi connectivity index (χ0) is 14.2. The van der Waals surface area contributed by atoms with Crippen molar-refractivity contribution in [1.29, 1.82) is 0 Å². The van der Waals surface area contributed by atoms with Crippen molar-refractivity contribution in [3.05, 3.63) is 46.4 Å². The molecule has 0 fully saturated rings. The number of benzene rings is 1. The van der Waals surface area contributed by atoms with Gasteiger partial charge in [0.1, 0.15) is 5.82 Å². The van der Waals surface area contributed by atoms with Gasteiger partial charge in [0.25, 0.3) is 0 Å². The highest BCUT2D eigenvalue weighted by Crippen LogP contribution is 2.27. The molecule has 19 heavy (non-hydrogen) atoms. The molecular weight excluding hydrogens is 256 g/mol. The first kappa shape index (κ1) is 14.0. The van der Waals surface area contributed by atoms with E-state index in [1.165, 1.54) is 0 Å². The average molecular weight is 275 g/mol. The molecule has 0 radical (unpaired) electrons. The molecule has 0 atom stereocenters. The Morgan fingerprint density at radius 1 is 1.05 bits per heavy atom. The molecule has 1 aromatic carbocycles. The van der Waals surface area contributed by atoms with Crippen LogP contribution in [0.5, 0.6) is 0 Å². The van der Waals surface area contributed by atoms with Crippen molar-refractivity contribution in [2.45, 2.75) is 40.0 Å². The number of rotatable bonds is 1. The van der Waals surface area contributed by atoms with Gasteiger partial charge in [-0.25, -0.2) is 9.97 Å². The van der Waals surface area contributed by atoms with E-state index in [0.717, 1.165) is 33.2 Å². The monoisotopic (exact) mass is 274 g/mol. The lowest BCUT2D eigenvalue weighted by Gasteiger charge is -2.18. The van der Waals surface area contributed by atoms with E-state index in [0.29, 0.717) is 0 Å². The first-order valence-electron chi connectivity index (χ1n) is 6.39. The van der Waals surface area contributed by atoms with Crippen LogP contribution in [0.2, 0.25) is 5.02 Å². The van der Waals surface area contributed by atoms with E-state index in [9.17, 15) is 0 Å². The molecule has 1 aromatic heterocycles. The van der Waals surface area contributed by atoms with Crippen LogP contribution < -0.4 is 0 Å². The van der Waals surface area contributed by atoms with E-state index >= 15 is 0 Å². The topological polar surface area (TPSA) is 25.8 Å². The average Bonchev–Trinajstić information content (AvgIpc) is 2.32. The summed E-state index contributed by atoms with van der Waals surface area (Å²) in [6.45, 7) is 10.4. The fourth-order valence-electron chi connectivity index (χ4n) is 1.89. The van der Waals surface area contributed by atoms with Crippen molar-refractivity contribution in [1.82, 2.24) is 9.97 Å². The van der Waals surface area contributed by atoms with Crippen LogP contribution in [0.3, 0.4) is 0 Å². The van der Waals surface area contributed by atoms with E-state index in [2.05, 4.69) is 31.8 Å². The van der Waals surface area contributed by atoms with Gasteiger partial charge in [-0.3, -0.25) is 0 Å². The predicted octanol–water partition coefficient (Wildman–Crippen LogP) is 4.71. The number of hydrogen-bond acceptors (Lipinski definition) is 2. The fourth-order valence-corrected chi connectivity index (χ4v) is 2.01. The number of hydrogen-bond donors (Lipinski definition) is 0. The summed E-state index contributed by atoms with van der Waals surface area (Å²) in [6.07, 6.45) is 1.90. The second-order valence-electron chi connectivity index (χ2n) is 5.94. The van der Waals surface area contributed by atoms with Crippen LogP contribution in [-0.4, -0.2) is 9.97 Å². The summed E-state index contributed by atoms with van der Waals surface area (Å²) in [6, 6.07) is 6.01. The third-order valence-corrected chi connectivity index (χ3v) is 3.50. The van der Waals surface area contributed by atoms with Crippen LogP contribution in [0.1, 0.15) is 37.7 Å². The van der Waals surface area contributed by atoms with E-state index in [-0.39, 0.29) is 5.41 Å². The molecule has 0 amide bonds. The first-order valence-corrected chi connectivity index (χ1v) is 6.77. The third-order valence-electron chi connectivity index (χ3n) is 3.07. The second kappa shape index (κ2) is 4.93. The Morgan fingerprint density at radius 2 is 1.74 bits per heavy atom. The lowest BCUT2D eigenvalue weighted by atomic mass is 9.95. The maximum Gasteiger partial charge on any atom is 0.134 e. The van der Waals surface area contributed by atoms with Gasteiger partial charge in [0.15, 0.2) is 0 Å². The summed E-state index contributed by atoms with van der Waals surface area (Å²) in [5.41, 5.74) is 4.17. The van der Waals surface area contributed by atoms with Crippen LogP contribution >= 0.6 is 11.6 Å². The molecule has 0 aliphatic carbocycles. The van der Waals surface area contributed by atoms with Gasteiger partial charge in [0.2, 0.25) is 0 Å². The van der Waals surface area contributed by atoms with Crippen LogP contribution in [0, 0.1) is 13.8 Å². The van der Waals surface area contributed by atoms with Crippen molar-refractivity contribution >= 4 is 11.6 Å². The van der Waals surface area contributed by atoms with Crippen LogP contribution in [0.25, 0.3) is 11.3 Å². The molecule has 2 rings (SSSR count). The molecule has 0 aliphatic heterocycles. The maximum atomic E-state index is 6.08. The summed E-state index contributed by atoms with van der Waals surface area (Å²) in [4.78, 5) is 9.17. The third kappa shape index (κ3) is 2.95. The molecule has 0 saturated heterocycles. The SMILES string of the molecule is Cc1cc(-c2nc(C(C)(C)C)ncc2C)ccc1Cl. The van der Waals surface area contributed by atoms with E-state index < -0.39 is 0 Å². The molecule has 0 spiro atoms. The molecule has 0 aliphatic rings. The smallest absolute Gasteiger partial charge is 0.134 e. The highest BCUT2D eigenvalue weighted by molar-refractivity contribution is 6.31. The zero-order valence-corrected chi connectivity index (χ0v) is 12.8. The van der Waals surface area contributed by atoms with Gasteiger partial charge in [0, 0.05) is 22.2 Å². The lowest BCUT2D eigenvalue weighted by Crippen LogP contribution is -2.16. The Morgan fingerprint density at radius 3 is 2.32 bits per heavy atom. The van der Waals surface area contributed by atoms with E-state index in [4.69, 9.17) is 16.6 Å². The number of aromatic nitrogens is 2. The highest BCUT2D eigenvalue weighted by atomic mass is 35.5. The Labute approximate surface area is 119 Å². The lowest BCUT2D eigenvalue weighted by molar-refractivity contribution is 0.545. The van der Waals surface area contributed by atoms with Gasteiger partial charge in [0.05, 0.1) is 5.69 Å². The molecule has 0 N–H and O–H groups in total. The van der Waals surface area contributed by atoms with Gasteiger partial charge in [-0.15, -0.1) is 0 Å². The largest absolute Gasteiger partial charge is 0.240 e. The second-order valence-corrected chi connectivity index (χ2v) is 6.35. The molecular formula is C16H19ClN2. The Bertz CT molecular complexity index is 613. The minimum absolute atomic E-state index is 0.0517. The van der Waals surface area contributed by atoms with E-state index in [1.54, 1.807) is 0 Å². The quantitative estimate of drug-likeness (QED) is 0.752. The number of halogens is 1. The van der Waals surface area contributed by atoms with Crippen molar-refractivity contribution in [3.8, 4) is 11.3 Å². The Kier molecular flexibility index (Phi) is 3.64. The summed E-state index contributed by atoms with van der Waals surface area (Å²) < 4.78 is 0. The summed E-state index contributed by atoms with van der Waals surface area (Å²) >= 11 is 6.08. The number of nitrogens with zero attached hydrogens (tertiary/aromatic N) is 2. The standard InChI is InChI=1S/C16H19ClN2/c1-10-8-12(6-7-13(10)17)14-11(2)9-18-15(19-14)16(3,4)5/h6-9H,1-5H3. The van der Waals surface area contributed by atoms with E-state index in [1.807, 2.05) is 32.2 Å². The summed E-state index contributed by atoms with van der Waals surface area (Å²) in [5.74, 6) is 0.862. The zero-order valence-electron chi connectivity index (χ0n) is 12.1. The molecule has 0 unspecified atom stereocenters. The van der Waals surface area contributed by atoms with Crippen LogP contribution in [0.15, 0.2) is 24.4 Å². The van der Waals surface area contributed by atoms with Crippen molar-refractivity contribution in [3.63, 3.8) is 0 Å². The number of aryl methyl sites for hydroxylation is 2. The van der Waals surface area contributed by atoms with Crippen molar-refractivity contribution in [2.24, 2.45) is 0 Å². The molecule has 100 valence electrons. The fraction of sp³-hybridized carbons (Fsp3) is 0.375. The van der Waals surface area contributed by atoms with Crippen LogP contribution in [-0.2, 0) is 5.41 Å². The predicted molar refractivity (Wildman–Crippen MR) is 80.7 cm³/mol. The van der Waals surface area contributed by atoms with Gasteiger partial charge in [-0.05, 0) is 37.1 Å². The maximum absolute atomic E-state index is 6.08. The molecule has 2 aromatic rings. The van der Waals surface area contributed by atoms with Gasteiger partial charge in [-0.2, -0.15) is 0 Å². The molecule has 3 heteroatoms. The summed E-state index contributed by atoms with van der Waals surface area (Å²) in [5, 5.41) is 0.784. The molecule has 2 nitrogen and oxygen atoms in total. The Hall–Kier alpha value is -1.41. The molecule has 0 bridgehead atoms. The van der Waals surface area contributed by atoms with Gasteiger partial charge < -0.3 is 0 Å². The van der Waals surface area contributed by atoms with Crippen molar-refractivity contribution in [2.75, 3.05) is 0 Å².